The second-order valence-corrected chi connectivity index (χ2v) is 3.81. The maximum atomic E-state index is 11.7. The van der Waals surface area contributed by atoms with Crippen LogP contribution in [0, 0.1) is 0 Å². The summed E-state index contributed by atoms with van der Waals surface area (Å²) in [6, 6.07) is 15.8. The molecular weight excluding hydrogens is 240 g/mol. The molecule has 0 radical (unpaired) electrons. The van der Waals surface area contributed by atoms with E-state index < -0.39 is 0 Å². The number of hydrogen-bond donors (Lipinski definition) is 1. The predicted octanol–water partition coefficient (Wildman–Crippen LogP) is 2.26. The topological polar surface area (TPSA) is 58.5 Å². The molecule has 2 rings (SSSR count). The fourth-order valence-corrected chi connectivity index (χ4v) is 1.55. The van der Waals surface area contributed by atoms with E-state index in [0.717, 1.165) is 6.29 Å². The van der Waals surface area contributed by atoms with E-state index in [1.807, 2.05) is 6.07 Å². The van der Waals surface area contributed by atoms with E-state index in [4.69, 9.17) is 0 Å². The number of carbonyl (C=O) groups excluding carboxylic acids is 2. The molecule has 2 aromatic rings. The van der Waals surface area contributed by atoms with Crippen LogP contribution in [0.1, 0.15) is 26.3 Å². The van der Waals surface area contributed by atoms with Gasteiger partial charge in [-0.05, 0) is 12.1 Å². The second-order valence-electron chi connectivity index (χ2n) is 3.81. The lowest BCUT2D eigenvalue weighted by atomic mass is 10.1. The number of rotatable bonds is 4. The van der Waals surface area contributed by atoms with Gasteiger partial charge in [0.1, 0.15) is 0 Å². The first-order valence-electron chi connectivity index (χ1n) is 5.74. The molecule has 0 aliphatic heterocycles. The predicted molar refractivity (Wildman–Crippen MR) is 73.3 cm³/mol. The van der Waals surface area contributed by atoms with E-state index in [1.54, 1.807) is 48.5 Å². The van der Waals surface area contributed by atoms with Crippen LogP contribution in [-0.2, 0) is 0 Å². The Balaban J connectivity index is 2.04. The molecule has 1 amide bonds. The first-order chi connectivity index (χ1) is 9.31. The molecule has 0 aliphatic carbocycles. The van der Waals surface area contributed by atoms with Crippen LogP contribution < -0.4 is 5.43 Å². The van der Waals surface area contributed by atoms with Crippen molar-refractivity contribution in [2.24, 2.45) is 5.10 Å². The van der Waals surface area contributed by atoms with Crippen molar-refractivity contribution in [2.75, 3.05) is 0 Å². The van der Waals surface area contributed by atoms with Gasteiger partial charge in [0.2, 0.25) is 0 Å². The first kappa shape index (κ1) is 12.7. The lowest BCUT2D eigenvalue weighted by molar-refractivity contribution is 0.0955. The highest BCUT2D eigenvalue weighted by Crippen LogP contribution is 2.03. The highest BCUT2D eigenvalue weighted by molar-refractivity contribution is 5.96. The van der Waals surface area contributed by atoms with Crippen molar-refractivity contribution in [1.29, 1.82) is 0 Å². The van der Waals surface area contributed by atoms with Gasteiger partial charge in [0, 0.05) is 16.7 Å². The van der Waals surface area contributed by atoms with Crippen LogP contribution in [0.25, 0.3) is 0 Å². The summed E-state index contributed by atoms with van der Waals surface area (Å²) < 4.78 is 0. The summed E-state index contributed by atoms with van der Waals surface area (Å²) >= 11 is 0. The van der Waals surface area contributed by atoms with Gasteiger partial charge < -0.3 is 0 Å². The van der Waals surface area contributed by atoms with Crippen molar-refractivity contribution in [3.8, 4) is 0 Å². The van der Waals surface area contributed by atoms with E-state index in [0.29, 0.717) is 16.7 Å². The van der Waals surface area contributed by atoms with Gasteiger partial charge in [-0.15, -0.1) is 0 Å². The third-order valence-corrected chi connectivity index (χ3v) is 2.53. The van der Waals surface area contributed by atoms with E-state index in [9.17, 15) is 9.59 Å². The summed E-state index contributed by atoms with van der Waals surface area (Å²) in [5.74, 6) is -0.291. The van der Waals surface area contributed by atoms with E-state index in [-0.39, 0.29) is 5.91 Å². The van der Waals surface area contributed by atoms with Crippen LogP contribution in [0.2, 0.25) is 0 Å². The SMILES string of the molecule is O=Cc1ccccc1C=NNC(=O)c1ccccc1. The van der Waals surface area contributed by atoms with Crippen molar-refractivity contribution in [2.45, 2.75) is 0 Å². The molecule has 4 nitrogen and oxygen atoms in total. The van der Waals surface area contributed by atoms with Gasteiger partial charge in [0.25, 0.3) is 5.91 Å². The van der Waals surface area contributed by atoms with Crippen LogP contribution in [0.15, 0.2) is 59.7 Å². The fourth-order valence-electron chi connectivity index (χ4n) is 1.55. The Kier molecular flexibility index (Phi) is 4.18. The standard InChI is InChI=1S/C15H12N2O2/c18-11-14-9-5-4-8-13(14)10-16-17-15(19)12-6-2-1-3-7-12/h1-11H,(H,17,19). The number of nitrogens with zero attached hydrogens (tertiary/aromatic N) is 1. The molecule has 0 heterocycles. The lowest BCUT2D eigenvalue weighted by Crippen LogP contribution is -2.17. The van der Waals surface area contributed by atoms with Gasteiger partial charge in [0.05, 0.1) is 6.21 Å². The third kappa shape index (κ3) is 3.35. The second kappa shape index (κ2) is 6.26. The summed E-state index contributed by atoms with van der Waals surface area (Å²) in [6.07, 6.45) is 2.20. The molecule has 4 heteroatoms. The number of hydrogen-bond acceptors (Lipinski definition) is 3. The van der Waals surface area contributed by atoms with Crippen LogP contribution in [0.4, 0.5) is 0 Å². The number of hydrazone groups is 1. The molecule has 0 aromatic heterocycles. The van der Waals surface area contributed by atoms with Gasteiger partial charge in [-0.2, -0.15) is 5.10 Å². The molecule has 0 spiro atoms. The van der Waals surface area contributed by atoms with Crippen molar-refractivity contribution in [1.82, 2.24) is 5.43 Å². The van der Waals surface area contributed by atoms with Crippen molar-refractivity contribution in [3.05, 3.63) is 71.3 Å². The molecule has 2 aromatic carbocycles. The molecule has 94 valence electrons. The Bertz CT molecular complexity index is 607. The van der Waals surface area contributed by atoms with Crippen LogP contribution in [0.5, 0.6) is 0 Å². The Hall–Kier alpha value is -2.75. The summed E-state index contributed by atoms with van der Waals surface area (Å²) in [7, 11) is 0. The molecule has 0 saturated heterocycles. The van der Waals surface area contributed by atoms with Crippen molar-refractivity contribution in [3.63, 3.8) is 0 Å². The maximum absolute atomic E-state index is 11.7. The molecule has 0 atom stereocenters. The molecule has 0 saturated carbocycles. The Morgan fingerprint density at radius 1 is 0.947 bits per heavy atom. The van der Waals surface area contributed by atoms with Crippen LogP contribution in [-0.4, -0.2) is 18.4 Å². The molecule has 0 aliphatic rings. The highest BCUT2D eigenvalue weighted by atomic mass is 16.2. The molecule has 0 unspecified atom stereocenters. The monoisotopic (exact) mass is 252 g/mol. The minimum atomic E-state index is -0.291. The highest BCUT2D eigenvalue weighted by Gasteiger charge is 2.02. The average Bonchev–Trinajstić information content (AvgIpc) is 2.48. The molecule has 0 bridgehead atoms. The Morgan fingerprint density at radius 3 is 2.26 bits per heavy atom. The van der Waals surface area contributed by atoms with Crippen LogP contribution in [0.3, 0.4) is 0 Å². The number of amides is 1. The van der Waals surface area contributed by atoms with Gasteiger partial charge >= 0.3 is 0 Å². The van der Waals surface area contributed by atoms with Crippen molar-refractivity contribution >= 4 is 18.4 Å². The third-order valence-electron chi connectivity index (χ3n) is 2.53. The minimum absolute atomic E-state index is 0.291. The van der Waals surface area contributed by atoms with Gasteiger partial charge in [-0.3, -0.25) is 9.59 Å². The number of carbonyl (C=O) groups is 2. The van der Waals surface area contributed by atoms with Gasteiger partial charge in [-0.1, -0.05) is 42.5 Å². The molecular formula is C15H12N2O2. The van der Waals surface area contributed by atoms with Crippen molar-refractivity contribution < 1.29 is 9.59 Å². The molecule has 19 heavy (non-hydrogen) atoms. The minimum Gasteiger partial charge on any atom is -0.298 e. The van der Waals surface area contributed by atoms with Gasteiger partial charge in [0.15, 0.2) is 6.29 Å². The summed E-state index contributed by atoms with van der Waals surface area (Å²) in [5.41, 5.74) is 4.13. The summed E-state index contributed by atoms with van der Waals surface area (Å²) in [6.45, 7) is 0. The zero-order valence-electron chi connectivity index (χ0n) is 10.1. The normalized spacial score (nSPS) is 10.3. The number of nitrogens with one attached hydrogen (secondary N) is 1. The molecule has 0 fully saturated rings. The first-order valence-corrected chi connectivity index (χ1v) is 5.74. The number of aldehydes is 1. The maximum Gasteiger partial charge on any atom is 0.271 e. The Morgan fingerprint density at radius 2 is 1.58 bits per heavy atom. The zero-order chi connectivity index (χ0) is 13.5. The van der Waals surface area contributed by atoms with E-state index >= 15 is 0 Å². The Labute approximate surface area is 110 Å². The lowest BCUT2D eigenvalue weighted by Gasteiger charge is -2.00. The zero-order valence-corrected chi connectivity index (χ0v) is 10.1. The van der Waals surface area contributed by atoms with Crippen LogP contribution >= 0.6 is 0 Å². The van der Waals surface area contributed by atoms with Gasteiger partial charge in [-0.25, -0.2) is 5.43 Å². The molecule has 1 N–H and O–H groups in total. The fraction of sp³-hybridized carbons (Fsp3) is 0. The smallest absolute Gasteiger partial charge is 0.271 e. The quantitative estimate of drug-likeness (QED) is 0.515. The summed E-state index contributed by atoms with van der Waals surface area (Å²) in [5, 5.41) is 3.84. The largest absolute Gasteiger partial charge is 0.298 e. The number of benzene rings is 2. The average molecular weight is 252 g/mol. The van der Waals surface area contributed by atoms with E-state index in [1.165, 1.54) is 6.21 Å². The summed E-state index contributed by atoms with van der Waals surface area (Å²) in [4.78, 5) is 22.5. The van der Waals surface area contributed by atoms with E-state index in [2.05, 4.69) is 10.5 Å².